The van der Waals surface area contributed by atoms with Crippen LogP contribution in [0.15, 0.2) is 30.3 Å². The normalized spacial score (nSPS) is 12.6. The number of carboxylic acids is 1. The fourth-order valence-electron chi connectivity index (χ4n) is 2.29. The monoisotopic (exact) mass is 277 g/mol. The predicted octanol–water partition coefficient (Wildman–Crippen LogP) is 3.49. The average molecular weight is 277 g/mol. The van der Waals surface area contributed by atoms with Gasteiger partial charge < -0.3 is 10.4 Å². The van der Waals surface area contributed by atoms with Crippen LogP contribution in [0, 0.1) is 5.92 Å². The number of nitrogens with one attached hydrogen (secondary N) is 1. The van der Waals surface area contributed by atoms with Gasteiger partial charge in [-0.1, -0.05) is 44.2 Å². The van der Waals surface area contributed by atoms with Crippen molar-refractivity contribution >= 4 is 5.97 Å². The van der Waals surface area contributed by atoms with Crippen molar-refractivity contribution in [2.24, 2.45) is 5.92 Å². The zero-order valence-corrected chi connectivity index (χ0v) is 12.6. The fraction of sp³-hybridized carbons (Fsp3) is 0.588. The highest BCUT2D eigenvalue weighted by Gasteiger charge is 2.11. The van der Waals surface area contributed by atoms with Gasteiger partial charge in [0.1, 0.15) is 0 Å². The van der Waals surface area contributed by atoms with Gasteiger partial charge in [0.05, 0.1) is 0 Å². The maximum absolute atomic E-state index is 10.7. The quantitative estimate of drug-likeness (QED) is 0.644. The van der Waals surface area contributed by atoms with Crippen LogP contribution in [-0.2, 0) is 11.2 Å². The van der Waals surface area contributed by atoms with Crippen LogP contribution >= 0.6 is 0 Å². The van der Waals surface area contributed by atoms with Gasteiger partial charge in [-0.15, -0.1) is 0 Å². The van der Waals surface area contributed by atoms with E-state index in [-0.39, 0.29) is 12.5 Å². The van der Waals surface area contributed by atoms with Crippen molar-refractivity contribution in [1.82, 2.24) is 5.32 Å². The van der Waals surface area contributed by atoms with Crippen molar-refractivity contribution in [1.29, 1.82) is 0 Å². The molecule has 0 saturated carbocycles. The van der Waals surface area contributed by atoms with E-state index in [9.17, 15) is 4.79 Å². The summed E-state index contributed by atoms with van der Waals surface area (Å²) >= 11 is 0. The van der Waals surface area contributed by atoms with Gasteiger partial charge in [0.2, 0.25) is 0 Å². The molecule has 112 valence electrons. The summed E-state index contributed by atoms with van der Waals surface area (Å²) in [6, 6.07) is 10.5. The highest BCUT2D eigenvalue weighted by atomic mass is 16.4. The molecular formula is C17H27NO2. The van der Waals surface area contributed by atoms with Crippen LogP contribution in [0.3, 0.4) is 0 Å². The second-order valence-corrected chi connectivity index (χ2v) is 5.81. The van der Waals surface area contributed by atoms with Gasteiger partial charge in [0.25, 0.3) is 0 Å². The molecule has 0 radical (unpaired) electrons. The van der Waals surface area contributed by atoms with E-state index in [4.69, 9.17) is 5.11 Å². The molecule has 0 aromatic heterocycles. The van der Waals surface area contributed by atoms with Crippen molar-refractivity contribution in [2.75, 3.05) is 6.54 Å². The molecule has 0 saturated heterocycles. The van der Waals surface area contributed by atoms with Gasteiger partial charge in [0, 0.05) is 12.5 Å². The maximum Gasteiger partial charge on any atom is 0.303 e. The highest BCUT2D eigenvalue weighted by molar-refractivity contribution is 5.66. The van der Waals surface area contributed by atoms with Gasteiger partial charge in [-0.25, -0.2) is 0 Å². The van der Waals surface area contributed by atoms with Crippen molar-refractivity contribution in [3.8, 4) is 0 Å². The number of benzene rings is 1. The van der Waals surface area contributed by atoms with Crippen LogP contribution in [0.4, 0.5) is 0 Å². The van der Waals surface area contributed by atoms with Crippen LogP contribution in [0.2, 0.25) is 0 Å². The SMILES string of the molecule is CC(C)CCCNC(CCC(=O)O)Cc1ccccc1. The lowest BCUT2D eigenvalue weighted by atomic mass is 10.0. The number of carboxylic acid groups (broad SMARTS) is 1. The second-order valence-electron chi connectivity index (χ2n) is 5.81. The minimum atomic E-state index is -0.716. The summed E-state index contributed by atoms with van der Waals surface area (Å²) in [5.41, 5.74) is 1.26. The summed E-state index contributed by atoms with van der Waals surface area (Å²) in [5.74, 6) is 0.00966. The standard InChI is InChI=1S/C17H27NO2/c1-14(2)7-6-12-18-16(10-11-17(19)20)13-15-8-4-3-5-9-15/h3-5,8-9,14,16,18H,6-7,10-13H2,1-2H3,(H,19,20). The molecule has 0 amide bonds. The minimum Gasteiger partial charge on any atom is -0.481 e. The van der Waals surface area contributed by atoms with E-state index in [0.29, 0.717) is 6.42 Å². The molecule has 0 spiro atoms. The Morgan fingerprint density at radius 3 is 2.50 bits per heavy atom. The van der Waals surface area contributed by atoms with Crippen LogP contribution in [0.25, 0.3) is 0 Å². The first-order valence-corrected chi connectivity index (χ1v) is 7.57. The molecule has 1 rings (SSSR count). The summed E-state index contributed by atoms with van der Waals surface area (Å²) in [5, 5.41) is 12.4. The Bertz CT molecular complexity index is 376. The predicted molar refractivity (Wildman–Crippen MR) is 82.9 cm³/mol. The Hall–Kier alpha value is -1.35. The molecule has 1 unspecified atom stereocenters. The zero-order chi connectivity index (χ0) is 14.8. The Morgan fingerprint density at radius 2 is 1.90 bits per heavy atom. The summed E-state index contributed by atoms with van der Waals surface area (Å²) in [4.78, 5) is 10.7. The number of aliphatic carboxylic acids is 1. The molecule has 0 heterocycles. The third kappa shape index (κ3) is 7.95. The van der Waals surface area contributed by atoms with Crippen molar-refractivity contribution < 1.29 is 9.90 Å². The molecular weight excluding hydrogens is 250 g/mol. The highest BCUT2D eigenvalue weighted by Crippen LogP contribution is 2.09. The van der Waals surface area contributed by atoms with E-state index < -0.39 is 5.97 Å². The van der Waals surface area contributed by atoms with Crippen LogP contribution in [-0.4, -0.2) is 23.7 Å². The smallest absolute Gasteiger partial charge is 0.303 e. The lowest BCUT2D eigenvalue weighted by Gasteiger charge is -2.18. The Balaban J connectivity index is 2.41. The second kappa shape index (κ2) is 9.54. The molecule has 20 heavy (non-hydrogen) atoms. The first-order valence-electron chi connectivity index (χ1n) is 7.57. The first-order chi connectivity index (χ1) is 9.58. The Labute approximate surface area is 122 Å². The first kappa shape index (κ1) is 16.7. The largest absolute Gasteiger partial charge is 0.481 e. The van der Waals surface area contributed by atoms with Gasteiger partial charge in [-0.3, -0.25) is 4.79 Å². The summed E-state index contributed by atoms with van der Waals surface area (Å²) in [6.07, 6.45) is 4.18. The molecule has 0 fully saturated rings. The van der Waals surface area contributed by atoms with E-state index in [2.05, 4.69) is 31.3 Å². The van der Waals surface area contributed by atoms with Gasteiger partial charge >= 0.3 is 5.97 Å². The van der Waals surface area contributed by atoms with E-state index in [1.165, 1.54) is 12.0 Å². The minimum absolute atomic E-state index is 0.231. The number of rotatable bonds is 10. The van der Waals surface area contributed by atoms with E-state index >= 15 is 0 Å². The Kier molecular flexibility index (Phi) is 7.97. The molecule has 3 heteroatoms. The summed E-state index contributed by atoms with van der Waals surface area (Å²) < 4.78 is 0. The molecule has 2 N–H and O–H groups in total. The van der Waals surface area contributed by atoms with Gasteiger partial charge in [0.15, 0.2) is 0 Å². The molecule has 1 atom stereocenters. The van der Waals surface area contributed by atoms with Crippen LogP contribution in [0.5, 0.6) is 0 Å². The summed E-state index contributed by atoms with van der Waals surface area (Å²) in [6.45, 7) is 5.42. The van der Waals surface area contributed by atoms with E-state index in [1.54, 1.807) is 0 Å². The number of carbonyl (C=O) groups is 1. The topological polar surface area (TPSA) is 49.3 Å². The molecule has 0 bridgehead atoms. The lowest BCUT2D eigenvalue weighted by Crippen LogP contribution is -2.32. The molecule has 1 aromatic carbocycles. The van der Waals surface area contributed by atoms with Gasteiger partial charge in [-0.2, -0.15) is 0 Å². The van der Waals surface area contributed by atoms with E-state index in [0.717, 1.165) is 25.3 Å². The molecule has 1 aromatic rings. The van der Waals surface area contributed by atoms with Crippen LogP contribution in [0.1, 0.15) is 45.1 Å². The third-order valence-corrected chi connectivity index (χ3v) is 3.42. The van der Waals surface area contributed by atoms with Gasteiger partial charge in [-0.05, 0) is 43.7 Å². The lowest BCUT2D eigenvalue weighted by molar-refractivity contribution is -0.137. The van der Waals surface area contributed by atoms with E-state index in [1.807, 2.05) is 18.2 Å². The third-order valence-electron chi connectivity index (χ3n) is 3.42. The summed E-state index contributed by atoms with van der Waals surface area (Å²) in [7, 11) is 0. The molecule has 0 aliphatic heterocycles. The zero-order valence-electron chi connectivity index (χ0n) is 12.6. The molecule has 0 aliphatic carbocycles. The molecule has 3 nitrogen and oxygen atoms in total. The van der Waals surface area contributed by atoms with Crippen molar-refractivity contribution in [3.05, 3.63) is 35.9 Å². The van der Waals surface area contributed by atoms with Crippen molar-refractivity contribution in [3.63, 3.8) is 0 Å². The van der Waals surface area contributed by atoms with Crippen molar-refractivity contribution in [2.45, 2.75) is 52.0 Å². The number of hydrogen-bond acceptors (Lipinski definition) is 2. The fourth-order valence-corrected chi connectivity index (χ4v) is 2.29. The maximum atomic E-state index is 10.7. The Morgan fingerprint density at radius 1 is 1.20 bits per heavy atom. The number of hydrogen-bond donors (Lipinski definition) is 2. The molecule has 0 aliphatic rings. The van der Waals surface area contributed by atoms with Crippen LogP contribution < -0.4 is 5.32 Å². The average Bonchev–Trinajstić information content (AvgIpc) is 2.41.